The van der Waals surface area contributed by atoms with E-state index >= 15 is 0 Å². The molecule has 0 saturated heterocycles. The van der Waals surface area contributed by atoms with Crippen LogP contribution in [0.1, 0.15) is 35.5 Å². The number of sulfonamides is 1. The second-order valence-corrected chi connectivity index (χ2v) is 11.5. The minimum absolute atomic E-state index is 0.0312. The first kappa shape index (κ1) is 25.7. The van der Waals surface area contributed by atoms with E-state index in [4.69, 9.17) is 4.74 Å². The number of fused-ring (bicyclic) bond motifs is 1. The summed E-state index contributed by atoms with van der Waals surface area (Å²) < 4.78 is 34.1. The lowest BCUT2D eigenvalue weighted by atomic mass is 10.1. The summed E-state index contributed by atoms with van der Waals surface area (Å²) >= 11 is 1.40. The highest BCUT2D eigenvalue weighted by molar-refractivity contribution is 7.92. The van der Waals surface area contributed by atoms with Crippen molar-refractivity contribution in [3.8, 4) is 5.75 Å². The van der Waals surface area contributed by atoms with Crippen molar-refractivity contribution in [2.45, 2.75) is 37.6 Å². The smallest absolute Gasteiger partial charge is 0.264 e. The maximum atomic E-state index is 13.3. The molecule has 0 fully saturated rings. The number of anilines is 1. The lowest BCUT2D eigenvalue weighted by molar-refractivity contribution is 0.0942. The molecule has 1 atom stereocenters. The topological polar surface area (TPSA) is 75.7 Å². The normalized spacial score (nSPS) is 12.3. The molecule has 36 heavy (non-hydrogen) atoms. The van der Waals surface area contributed by atoms with Gasteiger partial charge in [-0.1, -0.05) is 30.3 Å². The van der Waals surface area contributed by atoms with Gasteiger partial charge in [-0.3, -0.25) is 9.10 Å². The molecule has 8 heteroatoms. The van der Waals surface area contributed by atoms with Gasteiger partial charge in [0.1, 0.15) is 5.75 Å². The van der Waals surface area contributed by atoms with Crippen LogP contribution in [-0.2, 0) is 16.4 Å². The van der Waals surface area contributed by atoms with Gasteiger partial charge in [-0.25, -0.2) is 8.42 Å². The molecule has 0 aliphatic heterocycles. The highest BCUT2D eigenvalue weighted by Crippen LogP contribution is 2.32. The van der Waals surface area contributed by atoms with Gasteiger partial charge in [-0.2, -0.15) is 0 Å². The van der Waals surface area contributed by atoms with Crippen LogP contribution in [0.15, 0.2) is 83.8 Å². The van der Waals surface area contributed by atoms with Crippen molar-refractivity contribution >= 4 is 43.0 Å². The molecule has 0 unspecified atom stereocenters. The minimum Gasteiger partial charge on any atom is -0.497 e. The molecule has 6 nitrogen and oxygen atoms in total. The molecule has 4 rings (SSSR count). The molecule has 1 aromatic heterocycles. The zero-order valence-electron chi connectivity index (χ0n) is 20.6. The van der Waals surface area contributed by atoms with Crippen LogP contribution in [0.25, 0.3) is 10.1 Å². The van der Waals surface area contributed by atoms with Crippen molar-refractivity contribution in [3.05, 3.63) is 89.3 Å². The van der Waals surface area contributed by atoms with E-state index in [1.165, 1.54) is 28.3 Å². The molecular formula is C28H30N2O4S2. The van der Waals surface area contributed by atoms with Crippen LogP contribution in [0.2, 0.25) is 0 Å². The number of amides is 1. The van der Waals surface area contributed by atoms with Gasteiger partial charge in [0, 0.05) is 17.3 Å². The quantitative estimate of drug-likeness (QED) is 0.282. The monoisotopic (exact) mass is 522 g/mol. The number of aryl methyl sites for hydroxylation is 1. The third-order valence-corrected chi connectivity index (χ3v) is 9.06. The van der Waals surface area contributed by atoms with Crippen LogP contribution in [0.5, 0.6) is 5.75 Å². The Morgan fingerprint density at radius 1 is 1.03 bits per heavy atom. The number of hydrogen-bond donors (Lipinski definition) is 1. The van der Waals surface area contributed by atoms with Gasteiger partial charge in [-0.05, 0) is 86.2 Å². The number of hydrogen-bond acceptors (Lipinski definition) is 5. The van der Waals surface area contributed by atoms with Gasteiger partial charge in [0.05, 0.1) is 22.6 Å². The fourth-order valence-corrected chi connectivity index (χ4v) is 6.47. The number of ether oxygens (including phenoxy) is 1. The van der Waals surface area contributed by atoms with Crippen LogP contribution < -0.4 is 14.4 Å². The Morgan fingerprint density at radius 3 is 2.42 bits per heavy atom. The van der Waals surface area contributed by atoms with Crippen LogP contribution >= 0.6 is 11.3 Å². The SMILES string of the molecule is CCN(c1ccc2sc(C(=O)N[C@H](C)CCc3ccccc3)cc2c1)S(=O)(=O)c1ccc(OC)cc1. The van der Waals surface area contributed by atoms with Crippen molar-refractivity contribution in [3.63, 3.8) is 0 Å². The standard InChI is InChI=1S/C28H30N2O4S2/c1-4-30(36(32,33)25-15-13-24(34-3)14-16-25)23-12-17-26-22(18-23)19-27(35-26)28(31)29-20(2)10-11-21-8-6-5-7-9-21/h5-9,12-20H,4,10-11H2,1-3H3,(H,29,31)/t20-/m1/s1. The number of rotatable bonds is 10. The van der Waals surface area contributed by atoms with E-state index in [0.717, 1.165) is 22.9 Å². The molecule has 0 spiro atoms. The third kappa shape index (κ3) is 5.71. The summed E-state index contributed by atoms with van der Waals surface area (Å²) in [4.78, 5) is 13.7. The van der Waals surface area contributed by atoms with Gasteiger partial charge >= 0.3 is 0 Å². The summed E-state index contributed by atoms with van der Waals surface area (Å²) in [5.74, 6) is 0.480. The van der Waals surface area contributed by atoms with Crippen LogP contribution in [-0.4, -0.2) is 34.0 Å². The minimum atomic E-state index is -3.75. The summed E-state index contributed by atoms with van der Waals surface area (Å²) in [5.41, 5.74) is 1.81. The number of thiophene rings is 1. The zero-order valence-corrected chi connectivity index (χ0v) is 22.2. The van der Waals surface area contributed by atoms with E-state index in [1.54, 1.807) is 37.3 Å². The highest BCUT2D eigenvalue weighted by atomic mass is 32.2. The maximum Gasteiger partial charge on any atom is 0.264 e. The molecule has 0 aliphatic rings. The molecule has 1 amide bonds. The highest BCUT2D eigenvalue weighted by Gasteiger charge is 2.24. The van der Waals surface area contributed by atoms with Crippen molar-refractivity contribution in [2.24, 2.45) is 0 Å². The number of nitrogens with zero attached hydrogens (tertiary/aromatic N) is 1. The second-order valence-electron chi connectivity index (χ2n) is 8.58. The van der Waals surface area contributed by atoms with E-state index in [-0.39, 0.29) is 23.4 Å². The summed E-state index contributed by atoms with van der Waals surface area (Å²) in [6.07, 6.45) is 1.74. The summed E-state index contributed by atoms with van der Waals surface area (Å²) in [7, 11) is -2.21. The lowest BCUT2D eigenvalue weighted by Crippen LogP contribution is -2.32. The van der Waals surface area contributed by atoms with Crippen molar-refractivity contribution in [2.75, 3.05) is 18.0 Å². The van der Waals surface area contributed by atoms with Crippen molar-refractivity contribution < 1.29 is 17.9 Å². The van der Waals surface area contributed by atoms with Gasteiger partial charge in [0.15, 0.2) is 0 Å². The average molecular weight is 523 g/mol. The Labute approximate surface area is 216 Å². The molecule has 0 radical (unpaired) electrons. The fraction of sp³-hybridized carbons (Fsp3) is 0.250. The second kappa shape index (κ2) is 11.1. The Balaban J connectivity index is 1.49. The number of carbonyl (C=O) groups is 1. The molecule has 1 N–H and O–H groups in total. The summed E-state index contributed by atoms with van der Waals surface area (Å²) in [6, 6.07) is 23.9. The van der Waals surface area contributed by atoms with Gasteiger partial charge < -0.3 is 10.1 Å². The van der Waals surface area contributed by atoms with Crippen LogP contribution in [0, 0.1) is 0 Å². The first-order chi connectivity index (χ1) is 17.3. The fourth-order valence-electron chi connectivity index (χ4n) is 4.06. The van der Waals surface area contributed by atoms with Gasteiger partial charge in [0.25, 0.3) is 15.9 Å². The zero-order chi connectivity index (χ0) is 25.7. The number of benzene rings is 3. The Hall–Kier alpha value is -3.36. The maximum absolute atomic E-state index is 13.3. The lowest BCUT2D eigenvalue weighted by Gasteiger charge is -2.23. The molecular weight excluding hydrogens is 492 g/mol. The summed E-state index contributed by atoms with van der Waals surface area (Å²) in [6.45, 7) is 4.08. The number of nitrogens with one attached hydrogen (secondary N) is 1. The molecule has 0 saturated carbocycles. The van der Waals surface area contributed by atoms with Crippen LogP contribution in [0.3, 0.4) is 0 Å². The average Bonchev–Trinajstić information content (AvgIpc) is 3.32. The van der Waals surface area contributed by atoms with E-state index in [9.17, 15) is 13.2 Å². The van der Waals surface area contributed by atoms with Gasteiger partial charge in [0.2, 0.25) is 0 Å². The Morgan fingerprint density at radius 2 is 1.75 bits per heavy atom. The molecule has 0 aliphatic carbocycles. The van der Waals surface area contributed by atoms with E-state index < -0.39 is 10.0 Å². The Kier molecular flexibility index (Phi) is 7.96. The predicted molar refractivity (Wildman–Crippen MR) is 147 cm³/mol. The van der Waals surface area contributed by atoms with E-state index in [2.05, 4.69) is 17.4 Å². The van der Waals surface area contributed by atoms with Crippen LogP contribution in [0.4, 0.5) is 5.69 Å². The first-order valence-corrected chi connectivity index (χ1v) is 14.1. The number of methoxy groups -OCH3 is 1. The Bertz CT molecular complexity index is 1430. The molecule has 3 aromatic carbocycles. The predicted octanol–water partition coefficient (Wildman–Crippen LogP) is 5.88. The van der Waals surface area contributed by atoms with Gasteiger partial charge in [-0.15, -0.1) is 11.3 Å². The molecule has 188 valence electrons. The van der Waals surface area contributed by atoms with Crippen molar-refractivity contribution in [1.29, 1.82) is 0 Å². The summed E-state index contributed by atoms with van der Waals surface area (Å²) in [5, 5.41) is 3.92. The van der Waals surface area contributed by atoms with Crippen molar-refractivity contribution in [1.82, 2.24) is 5.32 Å². The van der Waals surface area contributed by atoms with E-state index in [1.807, 2.05) is 43.3 Å². The first-order valence-electron chi connectivity index (χ1n) is 11.9. The molecule has 4 aromatic rings. The molecule has 0 bridgehead atoms. The largest absolute Gasteiger partial charge is 0.497 e. The van der Waals surface area contributed by atoms with E-state index in [0.29, 0.717) is 16.3 Å². The third-order valence-electron chi connectivity index (χ3n) is 6.03. The number of carbonyl (C=O) groups excluding carboxylic acids is 1. The molecule has 1 heterocycles.